The van der Waals surface area contributed by atoms with E-state index < -0.39 is 11.7 Å². The molecule has 1 aromatic rings. The molecule has 0 unspecified atom stereocenters. The van der Waals surface area contributed by atoms with Crippen molar-refractivity contribution < 1.29 is 14.3 Å². The van der Waals surface area contributed by atoms with Crippen LogP contribution in [0, 0.1) is 16.7 Å². The molecule has 0 radical (unpaired) electrons. The molecule has 0 N–H and O–H groups in total. The van der Waals surface area contributed by atoms with Crippen molar-refractivity contribution >= 4 is 6.09 Å². The molecular weight excluding hydrogens is 304 g/mol. The van der Waals surface area contributed by atoms with Gasteiger partial charge in [-0.25, -0.2) is 4.79 Å². The molecule has 3 fully saturated rings. The van der Waals surface area contributed by atoms with Gasteiger partial charge in [-0.3, -0.25) is 0 Å². The zero-order chi connectivity index (χ0) is 17.2. The van der Waals surface area contributed by atoms with Gasteiger partial charge in [0.2, 0.25) is 5.88 Å². The summed E-state index contributed by atoms with van der Waals surface area (Å²) in [5, 5.41) is 4.31. The average molecular weight is 332 g/mol. The molecule has 3 aliphatic rings. The van der Waals surface area contributed by atoms with Crippen molar-refractivity contribution in [3.8, 4) is 5.88 Å². The van der Waals surface area contributed by atoms with Crippen LogP contribution >= 0.6 is 0 Å². The van der Waals surface area contributed by atoms with Crippen LogP contribution in [0.15, 0.2) is 6.20 Å². The summed E-state index contributed by atoms with van der Waals surface area (Å²) < 4.78 is 12.6. The van der Waals surface area contributed by atoms with Gasteiger partial charge in [0, 0.05) is 11.8 Å². The quantitative estimate of drug-likeness (QED) is 0.811. The molecular formula is C19H28N2O3. The van der Waals surface area contributed by atoms with E-state index >= 15 is 0 Å². The fraction of sp³-hybridized carbons (Fsp3) is 0.789. The molecule has 1 heterocycles. The Balaban J connectivity index is 1.35. The Morgan fingerprint density at radius 3 is 2.42 bits per heavy atom. The number of nitrogens with zero attached hydrogens (tertiary/aromatic N) is 2. The summed E-state index contributed by atoms with van der Waals surface area (Å²) in [4.78, 5) is 12.1. The zero-order valence-corrected chi connectivity index (χ0v) is 15.2. The molecule has 1 aromatic heterocycles. The molecule has 24 heavy (non-hydrogen) atoms. The summed E-state index contributed by atoms with van der Waals surface area (Å²) in [6.45, 7) is 8.30. The number of hydrogen-bond acceptors (Lipinski definition) is 4. The fourth-order valence-corrected chi connectivity index (χ4v) is 4.79. The van der Waals surface area contributed by atoms with Gasteiger partial charge in [0.05, 0.1) is 6.61 Å². The number of carbonyl (C=O) groups is 1. The molecule has 2 spiro atoms. The predicted octanol–water partition coefficient (Wildman–Crippen LogP) is 4.19. The molecule has 3 saturated carbocycles. The molecule has 5 nitrogen and oxygen atoms in total. The average Bonchev–Trinajstić information content (AvgIpc) is 3.42. The van der Waals surface area contributed by atoms with E-state index in [1.807, 2.05) is 27.7 Å². The second kappa shape index (κ2) is 4.99. The second-order valence-corrected chi connectivity index (χ2v) is 8.74. The molecule has 0 aromatic carbocycles. The first-order valence-corrected chi connectivity index (χ1v) is 9.26. The first-order chi connectivity index (χ1) is 11.3. The third kappa shape index (κ3) is 2.44. The van der Waals surface area contributed by atoms with Gasteiger partial charge in [0.1, 0.15) is 5.60 Å². The molecule has 5 heteroatoms. The highest BCUT2D eigenvalue weighted by Crippen LogP contribution is 2.93. The third-order valence-electron chi connectivity index (χ3n) is 6.18. The minimum atomic E-state index is -0.528. The standard InChI is InChI=1S/C19H28N2O3/c1-5-13-12-21(16(22)24-17(2,3)4)20-15(13)23-11-6-14-18(7-8-18)19(14)9-10-19/h12,14H,5-11H2,1-4H3. The first kappa shape index (κ1) is 16.0. The van der Waals surface area contributed by atoms with Crippen molar-refractivity contribution in [1.82, 2.24) is 9.78 Å². The van der Waals surface area contributed by atoms with Gasteiger partial charge in [-0.2, -0.15) is 4.68 Å². The zero-order valence-electron chi connectivity index (χ0n) is 15.2. The summed E-state index contributed by atoms with van der Waals surface area (Å²) in [5.41, 5.74) is 1.87. The normalized spacial score (nSPS) is 22.7. The van der Waals surface area contributed by atoms with Crippen molar-refractivity contribution in [2.75, 3.05) is 6.61 Å². The lowest BCUT2D eigenvalue weighted by Gasteiger charge is -2.18. The highest BCUT2D eigenvalue weighted by atomic mass is 16.6. The highest BCUT2D eigenvalue weighted by molar-refractivity contribution is 5.70. The van der Waals surface area contributed by atoms with Crippen molar-refractivity contribution in [2.45, 2.75) is 71.8 Å². The molecule has 0 bridgehead atoms. The summed E-state index contributed by atoms with van der Waals surface area (Å²) in [7, 11) is 0. The fourth-order valence-electron chi connectivity index (χ4n) is 4.79. The second-order valence-electron chi connectivity index (χ2n) is 8.74. The van der Waals surface area contributed by atoms with Gasteiger partial charge in [-0.15, -0.1) is 5.10 Å². The smallest absolute Gasteiger partial charge is 0.435 e. The third-order valence-corrected chi connectivity index (χ3v) is 6.18. The van der Waals surface area contributed by atoms with E-state index in [1.54, 1.807) is 6.20 Å². The van der Waals surface area contributed by atoms with Crippen molar-refractivity contribution in [2.24, 2.45) is 16.7 Å². The maximum Gasteiger partial charge on any atom is 0.435 e. The van der Waals surface area contributed by atoms with E-state index in [2.05, 4.69) is 5.10 Å². The summed E-state index contributed by atoms with van der Waals surface area (Å²) in [5.74, 6) is 1.46. The molecule has 3 aliphatic carbocycles. The van der Waals surface area contributed by atoms with Crippen LogP contribution in [0.2, 0.25) is 0 Å². The van der Waals surface area contributed by atoms with Crippen LogP contribution < -0.4 is 4.74 Å². The van der Waals surface area contributed by atoms with Crippen LogP contribution in [0.25, 0.3) is 0 Å². The first-order valence-electron chi connectivity index (χ1n) is 9.26. The van der Waals surface area contributed by atoms with Gasteiger partial charge >= 0.3 is 6.09 Å². The van der Waals surface area contributed by atoms with E-state index in [9.17, 15) is 4.79 Å². The Labute approximate surface area is 143 Å². The van der Waals surface area contributed by atoms with Crippen molar-refractivity contribution in [3.05, 3.63) is 11.8 Å². The van der Waals surface area contributed by atoms with Crippen LogP contribution in [-0.4, -0.2) is 28.1 Å². The number of aromatic nitrogens is 2. The number of aryl methyl sites for hydroxylation is 1. The predicted molar refractivity (Wildman–Crippen MR) is 90.2 cm³/mol. The number of rotatable bonds is 5. The van der Waals surface area contributed by atoms with E-state index in [-0.39, 0.29) is 0 Å². The van der Waals surface area contributed by atoms with Crippen LogP contribution in [0.5, 0.6) is 5.88 Å². The highest BCUT2D eigenvalue weighted by Gasteiger charge is 2.85. The lowest BCUT2D eigenvalue weighted by molar-refractivity contribution is 0.0511. The van der Waals surface area contributed by atoms with Gasteiger partial charge in [-0.05, 0) is 76.0 Å². The largest absolute Gasteiger partial charge is 0.476 e. The maximum absolute atomic E-state index is 12.1. The summed E-state index contributed by atoms with van der Waals surface area (Å²) >= 11 is 0. The van der Waals surface area contributed by atoms with Crippen LogP contribution in [-0.2, 0) is 11.2 Å². The molecule has 0 amide bonds. The molecule has 132 valence electrons. The van der Waals surface area contributed by atoms with Crippen molar-refractivity contribution in [1.29, 1.82) is 0 Å². The van der Waals surface area contributed by atoms with E-state index in [1.165, 1.54) is 30.4 Å². The van der Waals surface area contributed by atoms with Crippen LogP contribution in [0.4, 0.5) is 4.79 Å². The number of fused-ring (bicyclic) bond motifs is 1. The lowest BCUT2D eigenvalue weighted by Crippen LogP contribution is -2.27. The van der Waals surface area contributed by atoms with Crippen LogP contribution in [0.1, 0.15) is 65.4 Å². The minimum absolute atomic E-state index is 0.455. The Bertz CT molecular complexity index is 645. The number of hydrogen-bond donors (Lipinski definition) is 0. The molecule has 0 atom stereocenters. The molecule has 0 aliphatic heterocycles. The lowest BCUT2D eigenvalue weighted by atomic mass is 10.2. The summed E-state index contributed by atoms with van der Waals surface area (Å²) in [6.07, 6.45) is 8.93. The Kier molecular flexibility index (Phi) is 3.32. The Morgan fingerprint density at radius 2 is 1.92 bits per heavy atom. The van der Waals surface area contributed by atoms with Gasteiger partial charge in [0.25, 0.3) is 0 Å². The van der Waals surface area contributed by atoms with Crippen LogP contribution in [0.3, 0.4) is 0 Å². The van der Waals surface area contributed by atoms with E-state index in [0.29, 0.717) is 12.5 Å². The Morgan fingerprint density at radius 1 is 1.29 bits per heavy atom. The SMILES string of the molecule is CCc1cn(C(=O)OC(C)(C)C)nc1OCCC1C2(CC2)C12CC2. The van der Waals surface area contributed by atoms with Gasteiger partial charge < -0.3 is 9.47 Å². The van der Waals surface area contributed by atoms with Gasteiger partial charge in [0.15, 0.2) is 0 Å². The molecule has 4 rings (SSSR count). The molecule has 0 saturated heterocycles. The summed E-state index contributed by atoms with van der Waals surface area (Å²) in [6, 6.07) is 0. The van der Waals surface area contributed by atoms with E-state index in [0.717, 1.165) is 35.2 Å². The monoisotopic (exact) mass is 332 g/mol. The van der Waals surface area contributed by atoms with E-state index in [4.69, 9.17) is 9.47 Å². The van der Waals surface area contributed by atoms with Crippen molar-refractivity contribution in [3.63, 3.8) is 0 Å². The minimum Gasteiger partial charge on any atom is -0.476 e. The Hall–Kier alpha value is -1.52. The topological polar surface area (TPSA) is 53.4 Å². The maximum atomic E-state index is 12.1. The van der Waals surface area contributed by atoms with Gasteiger partial charge in [-0.1, -0.05) is 6.92 Å². The number of carbonyl (C=O) groups excluding carboxylic acids is 1. The number of ether oxygens (including phenoxy) is 2.